The number of aromatic nitrogens is 2. The fraction of sp³-hybridized carbons (Fsp3) is 0.214. The smallest absolute Gasteiger partial charge is 0.270 e. The molecular weight excluding hydrogens is 394 g/mol. The van der Waals surface area contributed by atoms with Gasteiger partial charge in [0, 0.05) is 17.7 Å². The van der Waals surface area contributed by atoms with Crippen molar-refractivity contribution in [2.45, 2.75) is 40.3 Å². The number of benzene rings is 3. The van der Waals surface area contributed by atoms with Gasteiger partial charge in [-0.3, -0.25) is 4.79 Å². The summed E-state index contributed by atoms with van der Waals surface area (Å²) in [7, 11) is 0. The van der Waals surface area contributed by atoms with E-state index >= 15 is 0 Å². The van der Waals surface area contributed by atoms with Gasteiger partial charge >= 0.3 is 0 Å². The zero-order valence-electron chi connectivity index (χ0n) is 19.1. The molecule has 0 unspecified atom stereocenters. The Morgan fingerprint density at radius 3 is 2.19 bits per heavy atom. The van der Waals surface area contributed by atoms with Crippen LogP contribution in [-0.2, 0) is 6.54 Å². The first kappa shape index (κ1) is 21.6. The molecule has 4 aromatic rings. The van der Waals surface area contributed by atoms with Gasteiger partial charge in [-0.05, 0) is 50.5 Å². The average Bonchev–Trinajstić information content (AvgIpc) is 3.22. The minimum Gasteiger partial charge on any atom is -0.344 e. The van der Waals surface area contributed by atoms with E-state index in [2.05, 4.69) is 44.3 Å². The number of nitrogens with one attached hydrogen (secondary N) is 1. The number of nitrogens with zero attached hydrogens (tertiary/aromatic N) is 2. The van der Waals surface area contributed by atoms with Crippen molar-refractivity contribution in [2.24, 2.45) is 0 Å². The molecule has 0 saturated heterocycles. The van der Waals surface area contributed by atoms with Crippen molar-refractivity contribution in [3.63, 3.8) is 0 Å². The third-order valence-electron chi connectivity index (χ3n) is 5.96. The van der Waals surface area contributed by atoms with Crippen LogP contribution in [0, 0.1) is 13.8 Å². The largest absolute Gasteiger partial charge is 0.344 e. The molecule has 3 aromatic carbocycles. The standard InChI is InChI=1S/C28H29N3O/c1-5-31-26(28(32)29-21(4)22-12-8-6-9-13-22)25(24-17-16-19(2)20(3)18-24)30-27(31)23-14-10-7-11-15-23/h6-18,21H,5H2,1-4H3,(H,29,32)/t21-/m0/s1. The summed E-state index contributed by atoms with van der Waals surface area (Å²) in [6.07, 6.45) is 0. The lowest BCUT2D eigenvalue weighted by Gasteiger charge is -2.16. The van der Waals surface area contributed by atoms with Gasteiger partial charge < -0.3 is 9.88 Å². The van der Waals surface area contributed by atoms with Crippen LogP contribution in [0.5, 0.6) is 0 Å². The molecule has 1 atom stereocenters. The molecule has 32 heavy (non-hydrogen) atoms. The summed E-state index contributed by atoms with van der Waals surface area (Å²) >= 11 is 0. The number of imidazole rings is 1. The maximum Gasteiger partial charge on any atom is 0.270 e. The van der Waals surface area contributed by atoms with Gasteiger partial charge in [0.15, 0.2) is 0 Å². The molecule has 1 heterocycles. The summed E-state index contributed by atoms with van der Waals surface area (Å²) in [6.45, 7) is 8.88. The molecule has 0 bridgehead atoms. The third-order valence-corrected chi connectivity index (χ3v) is 5.96. The Morgan fingerprint density at radius 1 is 0.906 bits per heavy atom. The van der Waals surface area contributed by atoms with Crippen LogP contribution in [0.2, 0.25) is 0 Å². The lowest BCUT2D eigenvalue weighted by Crippen LogP contribution is -2.29. The SMILES string of the molecule is CCn1c(-c2ccccc2)nc(-c2ccc(C)c(C)c2)c1C(=O)N[C@@H](C)c1ccccc1. The van der Waals surface area contributed by atoms with Crippen LogP contribution in [0.1, 0.15) is 47.1 Å². The lowest BCUT2D eigenvalue weighted by molar-refractivity contribution is 0.0931. The van der Waals surface area contributed by atoms with Crippen molar-refractivity contribution < 1.29 is 4.79 Å². The molecule has 0 aliphatic heterocycles. The predicted molar refractivity (Wildman–Crippen MR) is 131 cm³/mol. The van der Waals surface area contributed by atoms with Gasteiger partial charge in [-0.15, -0.1) is 0 Å². The van der Waals surface area contributed by atoms with Crippen LogP contribution in [0.4, 0.5) is 0 Å². The summed E-state index contributed by atoms with van der Waals surface area (Å²) in [5.41, 5.74) is 6.72. The Morgan fingerprint density at radius 2 is 1.56 bits per heavy atom. The first-order chi connectivity index (χ1) is 15.5. The highest BCUT2D eigenvalue weighted by atomic mass is 16.2. The number of rotatable bonds is 6. The number of carbonyl (C=O) groups is 1. The number of aryl methyl sites for hydroxylation is 2. The summed E-state index contributed by atoms with van der Waals surface area (Å²) in [5.74, 6) is 0.685. The summed E-state index contributed by atoms with van der Waals surface area (Å²) in [4.78, 5) is 18.6. The molecule has 0 aliphatic carbocycles. The highest BCUT2D eigenvalue weighted by molar-refractivity contribution is 6.00. The molecule has 0 radical (unpaired) electrons. The van der Waals surface area contributed by atoms with E-state index in [1.54, 1.807) is 0 Å². The third kappa shape index (κ3) is 4.22. The quantitative estimate of drug-likeness (QED) is 0.393. The Hall–Kier alpha value is -3.66. The molecule has 4 heteroatoms. The van der Waals surface area contributed by atoms with Crippen LogP contribution >= 0.6 is 0 Å². The molecule has 0 spiro atoms. The minimum absolute atomic E-state index is 0.114. The highest BCUT2D eigenvalue weighted by Crippen LogP contribution is 2.31. The highest BCUT2D eigenvalue weighted by Gasteiger charge is 2.25. The van der Waals surface area contributed by atoms with Crippen molar-refractivity contribution in [1.82, 2.24) is 14.9 Å². The first-order valence-corrected chi connectivity index (χ1v) is 11.1. The molecule has 0 fully saturated rings. The van der Waals surface area contributed by atoms with Crippen molar-refractivity contribution in [1.29, 1.82) is 0 Å². The molecular formula is C28H29N3O. The molecule has 4 nitrogen and oxygen atoms in total. The van der Waals surface area contributed by atoms with E-state index in [0.29, 0.717) is 17.9 Å². The zero-order valence-corrected chi connectivity index (χ0v) is 19.1. The molecule has 1 aromatic heterocycles. The van der Waals surface area contributed by atoms with Gasteiger partial charge in [-0.1, -0.05) is 72.8 Å². The van der Waals surface area contributed by atoms with Crippen LogP contribution in [-0.4, -0.2) is 15.5 Å². The normalized spacial score (nSPS) is 11.9. The van der Waals surface area contributed by atoms with E-state index in [9.17, 15) is 4.79 Å². The number of hydrogen-bond acceptors (Lipinski definition) is 2. The van der Waals surface area contributed by atoms with E-state index in [-0.39, 0.29) is 11.9 Å². The van der Waals surface area contributed by atoms with Crippen molar-refractivity contribution >= 4 is 5.91 Å². The topological polar surface area (TPSA) is 46.9 Å². The van der Waals surface area contributed by atoms with Crippen molar-refractivity contribution in [2.75, 3.05) is 0 Å². The van der Waals surface area contributed by atoms with Crippen LogP contribution < -0.4 is 5.32 Å². The van der Waals surface area contributed by atoms with Crippen LogP contribution in [0.3, 0.4) is 0 Å². The zero-order chi connectivity index (χ0) is 22.7. The fourth-order valence-corrected chi connectivity index (χ4v) is 3.98. The summed E-state index contributed by atoms with van der Waals surface area (Å²) < 4.78 is 2.02. The molecule has 0 aliphatic rings. The second-order valence-electron chi connectivity index (χ2n) is 8.15. The van der Waals surface area contributed by atoms with E-state index < -0.39 is 0 Å². The monoisotopic (exact) mass is 423 g/mol. The van der Waals surface area contributed by atoms with E-state index in [1.807, 2.05) is 72.2 Å². The fourth-order valence-electron chi connectivity index (χ4n) is 3.98. The maximum atomic E-state index is 13.6. The van der Waals surface area contributed by atoms with Crippen molar-refractivity contribution in [3.05, 3.63) is 101 Å². The number of carbonyl (C=O) groups excluding carboxylic acids is 1. The van der Waals surface area contributed by atoms with Gasteiger partial charge in [-0.25, -0.2) is 4.98 Å². The molecule has 1 amide bonds. The summed E-state index contributed by atoms with van der Waals surface area (Å²) in [5, 5.41) is 3.19. The first-order valence-electron chi connectivity index (χ1n) is 11.1. The van der Waals surface area contributed by atoms with Crippen LogP contribution in [0.15, 0.2) is 78.9 Å². The molecule has 162 valence electrons. The van der Waals surface area contributed by atoms with Gasteiger partial charge in [0.2, 0.25) is 0 Å². The van der Waals surface area contributed by atoms with E-state index in [1.165, 1.54) is 11.1 Å². The van der Waals surface area contributed by atoms with Crippen molar-refractivity contribution in [3.8, 4) is 22.6 Å². The summed E-state index contributed by atoms with van der Waals surface area (Å²) in [6, 6.07) is 26.2. The van der Waals surface area contributed by atoms with Gasteiger partial charge in [0.1, 0.15) is 17.2 Å². The predicted octanol–water partition coefficient (Wildman–Crippen LogP) is 6.34. The Kier molecular flexibility index (Phi) is 6.22. The Bertz CT molecular complexity index is 1230. The second kappa shape index (κ2) is 9.23. The van der Waals surface area contributed by atoms with E-state index in [4.69, 9.17) is 4.98 Å². The molecule has 0 saturated carbocycles. The molecule has 4 rings (SSSR count). The lowest BCUT2D eigenvalue weighted by atomic mass is 10.0. The van der Waals surface area contributed by atoms with Gasteiger partial charge in [0.05, 0.1) is 6.04 Å². The maximum absolute atomic E-state index is 13.6. The van der Waals surface area contributed by atoms with Gasteiger partial charge in [-0.2, -0.15) is 0 Å². The van der Waals surface area contributed by atoms with E-state index in [0.717, 1.165) is 22.5 Å². The second-order valence-corrected chi connectivity index (χ2v) is 8.15. The number of amides is 1. The van der Waals surface area contributed by atoms with Gasteiger partial charge in [0.25, 0.3) is 5.91 Å². The Labute approximate surface area is 190 Å². The van der Waals surface area contributed by atoms with Crippen LogP contribution in [0.25, 0.3) is 22.6 Å². The minimum atomic E-state index is -0.119. The molecule has 1 N–H and O–H groups in total. The average molecular weight is 424 g/mol. The number of hydrogen-bond donors (Lipinski definition) is 1. The Balaban J connectivity index is 1.84.